The smallest absolute Gasteiger partial charge is 0.320 e. The Kier molecular flexibility index (Phi) is 5.79. The molecule has 1 aromatic heterocycles. The highest BCUT2D eigenvalue weighted by molar-refractivity contribution is 9.10. The van der Waals surface area contributed by atoms with Crippen LogP contribution in [0.3, 0.4) is 0 Å². The summed E-state index contributed by atoms with van der Waals surface area (Å²) in [5.74, 6) is -0.0845. The van der Waals surface area contributed by atoms with E-state index in [1.54, 1.807) is 25.0 Å². The van der Waals surface area contributed by atoms with Crippen LogP contribution < -0.4 is 5.32 Å². The van der Waals surface area contributed by atoms with Crippen LogP contribution in [0.5, 0.6) is 0 Å². The van der Waals surface area contributed by atoms with Gasteiger partial charge in [0.2, 0.25) is 0 Å². The molecule has 0 radical (unpaired) electrons. The first-order valence-electron chi connectivity index (χ1n) is 4.78. The largest absolute Gasteiger partial charge is 0.480 e. The fraction of sp³-hybridized carbons (Fsp3) is 0.400. The van der Waals surface area contributed by atoms with Crippen LogP contribution in [0.2, 0.25) is 0 Å². The predicted molar refractivity (Wildman–Crippen MR) is 67.8 cm³/mol. The fourth-order valence-corrected chi connectivity index (χ4v) is 2.21. The van der Waals surface area contributed by atoms with E-state index in [0.29, 0.717) is 6.42 Å². The molecule has 1 aromatic rings. The lowest BCUT2D eigenvalue weighted by Gasteiger charge is -2.09. The van der Waals surface area contributed by atoms with E-state index in [1.807, 2.05) is 12.1 Å². The third-order valence-electron chi connectivity index (χ3n) is 2.00. The van der Waals surface area contributed by atoms with E-state index in [4.69, 9.17) is 5.11 Å². The van der Waals surface area contributed by atoms with Crippen LogP contribution in [-0.4, -0.2) is 34.9 Å². The van der Waals surface area contributed by atoms with Gasteiger partial charge in [0, 0.05) is 16.4 Å². The molecule has 16 heavy (non-hydrogen) atoms. The first kappa shape index (κ1) is 13.5. The van der Waals surface area contributed by atoms with Crippen molar-refractivity contribution in [3.63, 3.8) is 0 Å². The maximum atomic E-state index is 10.7. The summed E-state index contributed by atoms with van der Waals surface area (Å²) in [6.45, 7) is 0. The zero-order chi connectivity index (χ0) is 12.0. The number of likely N-dealkylation sites (N-methyl/N-ethyl adjacent to an activating group) is 1. The molecule has 4 nitrogen and oxygen atoms in total. The van der Waals surface area contributed by atoms with Crippen molar-refractivity contribution >= 4 is 33.7 Å². The number of carboxylic acid groups (broad SMARTS) is 1. The van der Waals surface area contributed by atoms with E-state index < -0.39 is 12.0 Å². The maximum absolute atomic E-state index is 10.7. The second kappa shape index (κ2) is 6.88. The molecule has 1 rings (SSSR count). The lowest BCUT2D eigenvalue weighted by molar-refractivity contribution is -0.139. The second-order valence-electron chi connectivity index (χ2n) is 3.13. The quantitative estimate of drug-likeness (QED) is 0.787. The van der Waals surface area contributed by atoms with Crippen LogP contribution in [0.1, 0.15) is 6.42 Å². The number of hydrogen-bond donors (Lipinski definition) is 2. The molecule has 0 spiro atoms. The summed E-state index contributed by atoms with van der Waals surface area (Å²) < 4.78 is 0.940. The number of nitrogens with one attached hydrogen (secondary N) is 1. The van der Waals surface area contributed by atoms with E-state index in [9.17, 15) is 4.79 Å². The molecular weight excluding hydrogens is 292 g/mol. The number of carbonyl (C=O) groups is 1. The van der Waals surface area contributed by atoms with Gasteiger partial charge in [0.05, 0.1) is 5.03 Å². The molecule has 0 saturated heterocycles. The first-order chi connectivity index (χ1) is 7.63. The average molecular weight is 305 g/mol. The van der Waals surface area contributed by atoms with Gasteiger partial charge in [-0.15, -0.1) is 11.8 Å². The molecule has 0 amide bonds. The average Bonchev–Trinajstić information content (AvgIpc) is 2.26. The summed E-state index contributed by atoms with van der Waals surface area (Å²) in [7, 11) is 1.65. The number of aliphatic carboxylic acids is 1. The summed E-state index contributed by atoms with van der Waals surface area (Å²) in [6, 6.07) is 3.34. The Morgan fingerprint density at radius 1 is 1.69 bits per heavy atom. The van der Waals surface area contributed by atoms with Gasteiger partial charge in [-0.2, -0.15) is 0 Å². The van der Waals surface area contributed by atoms with Crippen LogP contribution in [0, 0.1) is 0 Å². The van der Waals surface area contributed by atoms with Gasteiger partial charge in [0.15, 0.2) is 0 Å². The topological polar surface area (TPSA) is 62.2 Å². The zero-order valence-corrected chi connectivity index (χ0v) is 11.2. The van der Waals surface area contributed by atoms with Gasteiger partial charge in [-0.3, -0.25) is 4.79 Å². The minimum atomic E-state index is -0.813. The Morgan fingerprint density at radius 2 is 2.44 bits per heavy atom. The standard InChI is InChI=1S/C10H13BrN2O2S/c1-12-8(10(14)15)4-5-16-9-3-2-7(11)6-13-9/h2-3,6,8,12H,4-5H2,1H3,(H,14,15). The molecule has 0 saturated carbocycles. The number of rotatable bonds is 6. The summed E-state index contributed by atoms with van der Waals surface area (Å²) in [6.07, 6.45) is 2.31. The third-order valence-corrected chi connectivity index (χ3v) is 3.45. The Bertz CT molecular complexity index is 345. The van der Waals surface area contributed by atoms with E-state index in [2.05, 4.69) is 26.2 Å². The van der Waals surface area contributed by atoms with Gasteiger partial charge in [-0.25, -0.2) is 4.98 Å². The summed E-state index contributed by atoms with van der Waals surface area (Å²) >= 11 is 4.86. The molecular formula is C10H13BrN2O2S. The van der Waals surface area contributed by atoms with Gasteiger partial charge < -0.3 is 10.4 Å². The van der Waals surface area contributed by atoms with Crippen molar-refractivity contribution in [1.82, 2.24) is 10.3 Å². The van der Waals surface area contributed by atoms with Crippen LogP contribution >= 0.6 is 27.7 Å². The van der Waals surface area contributed by atoms with Crippen molar-refractivity contribution in [3.8, 4) is 0 Å². The van der Waals surface area contributed by atoms with Crippen LogP contribution in [0.15, 0.2) is 27.8 Å². The Hall–Kier alpha value is -0.590. The highest BCUT2D eigenvalue weighted by Crippen LogP contribution is 2.18. The number of aromatic nitrogens is 1. The molecule has 88 valence electrons. The SMILES string of the molecule is CNC(CCSc1ccc(Br)cn1)C(=O)O. The van der Waals surface area contributed by atoms with Gasteiger partial charge >= 0.3 is 5.97 Å². The molecule has 0 aliphatic heterocycles. The zero-order valence-electron chi connectivity index (χ0n) is 8.81. The summed E-state index contributed by atoms with van der Waals surface area (Å²) in [5.41, 5.74) is 0. The third kappa shape index (κ3) is 4.51. The summed E-state index contributed by atoms with van der Waals surface area (Å²) in [4.78, 5) is 14.9. The van der Waals surface area contributed by atoms with Crippen LogP contribution in [0.4, 0.5) is 0 Å². The maximum Gasteiger partial charge on any atom is 0.320 e. The van der Waals surface area contributed by atoms with E-state index >= 15 is 0 Å². The number of carboxylic acids is 1. The fourth-order valence-electron chi connectivity index (χ4n) is 1.12. The molecule has 1 atom stereocenters. The Balaban J connectivity index is 2.35. The van der Waals surface area contributed by atoms with Crippen molar-refractivity contribution in [1.29, 1.82) is 0 Å². The van der Waals surface area contributed by atoms with E-state index in [0.717, 1.165) is 15.3 Å². The number of thioether (sulfide) groups is 1. The molecule has 2 N–H and O–H groups in total. The minimum absolute atomic E-state index is 0.483. The molecule has 6 heteroatoms. The van der Waals surface area contributed by atoms with Gasteiger partial charge in [0.1, 0.15) is 6.04 Å². The van der Waals surface area contributed by atoms with Crippen LogP contribution in [0.25, 0.3) is 0 Å². The van der Waals surface area contributed by atoms with Crippen LogP contribution in [-0.2, 0) is 4.79 Å². The van der Waals surface area contributed by atoms with Crippen molar-refractivity contribution in [2.45, 2.75) is 17.5 Å². The highest BCUT2D eigenvalue weighted by atomic mass is 79.9. The molecule has 0 aromatic carbocycles. The van der Waals surface area contributed by atoms with Gasteiger partial charge in [-0.05, 0) is 41.5 Å². The monoisotopic (exact) mass is 304 g/mol. The number of pyridine rings is 1. The van der Waals surface area contributed by atoms with E-state index in [1.165, 1.54) is 0 Å². The van der Waals surface area contributed by atoms with Gasteiger partial charge in [0.25, 0.3) is 0 Å². The van der Waals surface area contributed by atoms with Crippen molar-refractivity contribution in [2.75, 3.05) is 12.8 Å². The normalized spacial score (nSPS) is 12.4. The van der Waals surface area contributed by atoms with Crippen molar-refractivity contribution < 1.29 is 9.90 Å². The van der Waals surface area contributed by atoms with Gasteiger partial charge in [-0.1, -0.05) is 0 Å². The number of halogens is 1. The first-order valence-corrected chi connectivity index (χ1v) is 6.55. The predicted octanol–water partition coefficient (Wildman–Crippen LogP) is 2.00. The molecule has 0 bridgehead atoms. The molecule has 1 unspecified atom stereocenters. The molecule has 0 aliphatic rings. The Labute approximate surface area is 107 Å². The Morgan fingerprint density at radius 3 is 2.94 bits per heavy atom. The number of hydrogen-bond acceptors (Lipinski definition) is 4. The lowest BCUT2D eigenvalue weighted by atomic mass is 10.2. The van der Waals surface area contributed by atoms with Crippen molar-refractivity contribution in [2.24, 2.45) is 0 Å². The molecule has 1 heterocycles. The highest BCUT2D eigenvalue weighted by Gasteiger charge is 2.13. The second-order valence-corrected chi connectivity index (χ2v) is 5.16. The molecule has 0 fully saturated rings. The number of nitrogens with zero attached hydrogens (tertiary/aromatic N) is 1. The van der Waals surface area contributed by atoms with Crippen molar-refractivity contribution in [3.05, 3.63) is 22.8 Å². The molecule has 0 aliphatic carbocycles. The van der Waals surface area contributed by atoms with E-state index in [-0.39, 0.29) is 0 Å². The summed E-state index contributed by atoms with van der Waals surface area (Å²) in [5, 5.41) is 12.5. The minimum Gasteiger partial charge on any atom is -0.480 e. The lowest BCUT2D eigenvalue weighted by Crippen LogP contribution is -2.34.